The second-order valence-corrected chi connectivity index (χ2v) is 2.24. The first-order valence-electron chi connectivity index (χ1n) is 3.78. The minimum atomic E-state index is -0.859. The second-order valence-electron chi connectivity index (χ2n) is 2.24. The predicted molar refractivity (Wildman–Crippen MR) is 43.3 cm³/mol. The molecule has 0 fully saturated rings. The van der Waals surface area contributed by atoms with Crippen LogP contribution in [0.4, 0.5) is 0 Å². The monoisotopic (exact) mass is 174 g/mol. The molecule has 0 rings (SSSR count). The Bertz CT molecular complexity index is 159. The minimum Gasteiger partial charge on any atom is -0.462 e. The van der Waals surface area contributed by atoms with E-state index in [0.717, 1.165) is 12.8 Å². The molecule has 5 nitrogen and oxygen atoms in total. The van der Waals surface area contributed by atoms with Crippen molar-refractivity contribution in [2.24, 2.45) is 5.73 Å². The molecule has 0 aromatic rings. The fourth-order valence-electron chi connectivity index (χ4n) is 0.636. The van der Waals surface area contributed by atoms with E-state index in [2.05, 4.69) is 10.1 Å². The summed E-state index contributed by atoms with van der Waals surface area (Å²) in [6, 6.07) is 0. The number of rotatable bonds is 4. The number of hydrogen-bond donors (Lipinski definition) is 2. The van der Waals surface area contributed by atoms with E-state index in [-0.39, 0.29) is 0 Å². The maximum Gasteiger partial charge on any atom is 0.396 e. The minimum absolute atomic E-state index is 0.463. The Kier molecular flexibility index (Phi) is 6.00. The summed E-state index contributed by atoms with van der Waals surface area (Å²) in [6.45, 7) is 1.05. The Hall–Kier alpha value is -1.10. The zero-order valence-corrected chi connectivity index (χ0v) is 7.13. The van der Waals surface area contributed by atoms with Gasteiger partial charge in [0.25, 0.3) is 0 Å². The molecule has 0 aliphatic heterocycles. The highest BCUT2D eigenvalue weighted by atomic mass is 16.5. The van der Waals surface area contributed by atoms with Crippen LogP contribution in [-0.4, -0.2) is 32.1 Å². The number of carbonyl (C=O) groups is 2. The lowest BCUT2D eigenvalue weighted by Gasteiger charge is -2.01. The number of nitrogens with one attached hydrogen (secondary N) is 1. The maximum atomic E-state index is 10.7. The van der Waals surface area contributed by atoms with Gasteiger partial charge in [-0.2, -0.15) is 0 Å². The number of methoxy groups -OCH3 is 1. The van der Waals surface area contributed by atoms with E-state index in [4.69, 9.17) is 5.73 Å². The second kappa shape index (κ2) is 6.60. The molecule has 0 aliphatic carbocycles. The SMILES string of the molecule is COC(=O)C(=O)NCCCCN. The van der Waals surface area contributed by atoms with Crippen molar-refractivity contribution in [2.75, 3.05) is 20.2 Å². The number of unbranched alkanes of at least 4 members (excludes halogenated alkanes) is 1. The quantitative estimate of drug-likeness (QED) is 0.326. The van der Waals surface area contributed by atoms with Gasteiger partial charge in [-0.15, -0.1) is 0 Å². The molecule has 0 bridgehead atoms. The molecule has 0 saturated carbocycles. The van der Waals surface area contributed by atoms with Crippen LogP contribution in [0, 0.1) is 0 Å². The van der Waals surface area contributed by atoms with E-state index in [9.17, 15) is 9.59 Å². The molecule has 0 unspecified atom stereocenters. The van der Waals surface area contributed by atoms with Gasteiger partial charge in [-0.1, -0.05) is 0 Å². The maximum absolute atomic E-state index is 10.7. The largest absolute Gasteiger partial charge is 0.462 e. The van der Waals surface area contributed by atoms with Crippen molar-refractivity contribution in [3.8, 4) is 0 Å². The summed E-state index contributed by atoms with van der Waals surface area (Å²) in [7, 11) is 1.17. The number of nitrogens with two attached hydrogens (primary N) is 1. The van der Waals surface area contributed by atoms with Gasteiger partial charge >= 0.3 is 11.9 Å². The Morgan fingerprint density at radius 2 is 2.08 bits per heavy atom. The standard InChI is InChI=1S/C7H14N2O3/c1-12-7(11)6(10)9-5-3-2-4-8/h2-5,8H2,1H3,(H,9,10). The molecule has 0 saturated heterocycles. The smallest absolute Gasteiger partial charge is 0.396 e. The Morgan fingerprint density at radius 3 is 2.58 bits per heavy atom. The molecule has 0 aromatic carbocycles. The van der Waals surface area contributed by atoms with Gasteiger partial charge in [0.1, 0.15) is 0 Å². The van der Waals surface area contributed by atoms with Crippen LogP contribution in [0.3, 0.4) is 0 Å². The summed E-state index contributed by atoms with van der Waals surface area (Å²) in [5.41, 5.74) is 5.23. The third kappa shape index (κ3) is 4.68. The van der Waals surface area contributed by atoms with Crippen LogP contribution in [0.1, 0.15) is 12.8 Å². The highest BCUT2D eigenvalue weighted by Crippen LogP contribution is 1.82. The summed E-state index contributed by atoms with van der Waals surface area (Å²) in [5, 5.41) is 2.40. The van der Waals surface area contributed by atoms with Crippen molar-refractivity contribution in [1.29, 1.82) is 0 Å². The van der Waals surface area contributed by atoms with Crippen LogP contribution < -0.4 is 11.1 Å². The molecule has 0 radical (unpaired) electrons. The van der Waals surface area contributed by atoms with Gasteiger partial charge < -0.3 is 15.8 Å². The van der Waals surface area contributed by atoms with Crippen molar-refractivity contribution >= 4 is 11.9 Å². The Labute approximate surface area is 71.3 Å². The van der Waals surface area contributed by atoms with Crippen LogP contribution in [0.2, 0.25) is 0 Å². The zero-order valence-electron chi connectivity index (χ0n) is 7.13. The number of amides is 1. The van der Waals surface area contributed by atoms with Gasteiger partial charge in [0.05, 0.1) is 7.11 Å². The van der Waals surface area contributed by atoms with Crippen LogP contribution in [0.5, 0.6) is 0 Å². The zero-order chi connectivity index (χ0) is 9.40. The summed E-state index contributed by atoms with van der Waals surface area (Å²) >= 11 is 0. The molecule has 0 spiro atoms. The fraction of sp³-hybridized carbons (Fsp3) is 0.714. The number of carbonyl (C=O) groups excluding carboxylic acids is 2. The third-order valence-corrected chi connectivity index (χ3v) is 1.29. The molecular formula is C7H14N2O3. The fourth-order valence-corrected chi connectivity index (χ4v) is 0.636. The molecule has 5 heteroatoms. The highest BCUT2D eigenvalue weighted by Gasteiger charge is 2.11. The molecule has 0 atom stereocenters. The van der Waals surface area contributed by atoms with E-state index in [0.29, 0.717) is 13.1 Å². The first kappa shape index (κ1) is 10.9. The van der Waals surface area contributed by atoms with Gasteiger partial charge in [0.2, 0.25) is 0 Å². The predicted octanol–water partition coefficient (Wildman–Crippen LogP) is -0.985. The molecule has 0 aromatic heterocycles. The van der Waals surface area contributed by atoms with Crippen LogP contribution in [0.15, 0.2) is 0 Å². The van der Waals surface area contributed by atoms with Crippen molar-refractivity contribution in [2.45, 2.75) is 12.8 Å². The van der Waals surface area contributed by atoms with Gasteiger partial charge in [0.15, 0.2) is 0 Å². The molecule has 70 valence electrons. The summed E-state index contributed by atoms with van der Waals surface area (Å²) < 4.78 is 4.19. The van der Waals surface area contributed by atoms with Crippen molar-refractivity contribution < 1.29 is 14.3 Å². The van der Waals surface area contributed by atoms with Crippen LogP contribution >= 0.6 is 0 Å². The number of hydrogen-bond acceptors (Lipinski definition) is 4. The topological polar surface area (TPSA) is 81.4 Å². The van der Waals surface area contributed by atoms with Crippen molar-refractivity contribution in [3.63, 3.8) is 0 Å². The number of ether oxygens (including phenoxy) is 1. The Balaban J connectivity index is 3.38. The Morgan fingerprint density at radius 1 is 1.42 bits per heavy atom. The van der Waals surface area contributed by atoms with E-state index in [1.54, 1.807) is 0 Å². The first-order chi connectivity index (χ1) is 5.72. The van der Waals surface area contributed by atoms with E-state index in [1.807, 2.05) is 0 Å². The first-order valence-corrected chi connectivity index (χ1v) is 3.78. The molecule has 1 amide bonds. The molecule has 0 aliphatic rings. The van der Waals surface area contributed by atoms with Crippen LogP contribution in [-0.2, 0) is 14.3 Å². The third-order valence-electron chi connectivity index (χ3n) is 1.29. The average Bonchev–Trinajstić information content (AvgIpc) is 2.10. The lowest BCUT2D eigenvalue weighted by molar-refractivity contribution is -0.152. The molecule has 12 heavy (non-hydrogen) atoms. The lowest BCUT2D eigenvalue weighted by Crippen LogP contribution is -2.32. The molecular weight excluding hydrogens is 160 g/mol. The van der Waals surface area contributed by atoms with Gasteiger partial charge in [-0.3, -0.25) is 4.79 Å². The van der Waals surface area contributed by atoms with Crippen LogP contribution in [0.25, 0.3) is 0 Å². The van der Waals surface area contributed by atoms with Gasteiger partial charge in [-0.25, -0.2) is 4.79 Å². The van der Waals surface area contributed by atoms with E-state index in [1.165, 1.54) is 7.11 Å². The highest BCUT2D eigenvalue weighted by molar-refractivity contribution is 6.32. The lowest BCUT2D eigenvalue weighted by atomic mass is 10.3. The number of esters is 1. The van der Waals surface area contributed by atoms with E-state index >= 15 is 0 Å². The van der Waals surface area contributed by atoms with Crippen molar-refractivity contribution in [3.05, 3.63) is 0 Å². The average molecular weight is 174 g/mol. The van der Waals surface area contributed by atoms with Gasteiger partial charge in [-0.05, 0) is 19.4 Å². The normalized spacial score (nSPS) is 9.17. The molecule has 0 heterocycles. The molecule has 3 N–H and O–H groups in total. The van der Waals surface area contributed by atoms with E-state index < -0.39 is 11.9 Å². The van der Waals surface area contributed by atoms with Gasteiger partial charge in [0, 0.05) is 6.54 Å². The summed E-state index contributed by atoms with van der Waals surface area (Å²) in [5.74, 6) is -1.56. The summed E-state index contributed by atoms with van der Waals surface area (Å²) in [4.78, 5) is 21.2. The summed E-state index contributed by atoms with van der Waals surface area (Å²) in [6.07, 6.45) is 1.61. The van der Waals surface area contributed by atoms with Crippen molar-refractivity contribution in [1.82, 2.24) is 5.32 Å².